The monoisotopic (exact) mass is 355 g/mol. The van der Waals surface area contributed by atoms with E-state index in [9.17, 15) is 14.3 Å². The highest BCUT2D eigenvalue weighted by Gasteiger charge is 2.11. The Balaban J connectivity index is 1.81. The highest BCUT2D eigenvalue weighted by Crippen LogP contribution is 2.24. The third-order valence-electron chi connectivity index (χ3n) is 3.28. The van der Waals surface area contributed by atoms with Crippen LogP contribution >= 0.6 is 11.8 Å². The van der Waals surface area contributed by atoms with E-state index in [0.717, 1.165) is 6.08 Å². The lowest BCUT2D eigenvalue weighted by atomic mass is 10.2. The number of rotatable bonds is 6. The van der Waals surface area contributed by atoms with Gasteiger partial charge in [0.25, 0.3) is 0 Å². The molecule has 0 saturated carbocycles. The van der Waals surface area contributed by atoms with E-state index < -0.39 is 5.97 Å². The van der Waals surface area contributed by atoms with E-state index in [0.29, 0.717) is 27.7 Å². The molecule has 0 fully saturated rings. The van der Waals surface area contributed by atoms with Gasteiger partial charge in [0.1, 0.15) is 5.82 Å². The molecule has 1 heterocycles. The number of carboxylic acids is 1. The number of carbonyl (C=O) groups is 1. The van der Waals surface area contributed by atoms with E-state index in [1.54, 1.807) is 42.5 Å². The molecule has 6 nitrogen and oxygen atoms in total. The Kier molecular flexibility index (Phi) is 5.20. The van der Waals surface area contributed by atoms with Gasteiger partial charge in [0.2, 0.25) is 5.16 Å². The van der Waals surface area contributed by atoms with Crippen molar-refractivity contribution in [3.63, 3.8) is 0 Å². The van der Waals surface area contributed by atoms with Gasteiger partial charge >= 0.3 is 0 Å². The van der Waals surface area contributed by atoms with Gasteiger partial charge in [-0.3, -0.25) is 0 Å². The van der Waals surface area contributed by atoms with E-state index in [4.69, 9.17) is 0 Å². The lowest BCUT2D eigenvalue weighted by Gasteiger charge is -2.06. The molecule has 0 radical (unpaired) electrons. The third-order valence-corrected chi connectivity index (χ3v) is 4.25. The fourth-order valence-corrected chi connectivity index (χ4v) is 2.99. The number of carbonyl (C=O) groups excluding carboxylic acids is 1. The summed E-state index contributed by atoms with van der Waals surface area (Å²) in [5.41, 5.74) is 1.90. The number of halogens is 1. The van der Waals surface area contributed by atoms with Crippen molar-refractivity contribution >= 4 is 23.8 Å². The Labute approximate surface area is 147 Å². The van der Waals surface area contributed by atoms with Crippen LogP contribution in [0.2, 0.25) is 0 Å². The molecule has 2 aromatic carbocycles. The molecule has 3 aromatic rings. The van der Waals surface area contributed by atoms with Gasteiger partial charge in [-0.1, -0.05) is 48.2 Å². The van der Waals surface area contributed by atoms with Crippen LogP contribution in [0.3, 0.4) is 0 Å². The zero-order valence-corrected chi connectivity index (χ0v) is 13.7. The van der Waals surface area contributed by atoms with Crippen molar-refractivity contribution in [2.24, 2.45) is 0 Å². The van der Waals surface area contributed by atoms with Crippen molar-refractivity contribution in [3.05, 3.63) is 71.6 Å². The maximum atomic E-state index is 13.7. The van der Waals surface area contributed by atoms with Crippen LogP contribution in [0.15, 0.2) is 59.8 Å². The van der Waals surface area contributed by atoms with Crippen LogP contribution in [0.25, 0.3) is 11.8 Å². The predicted octanol–water partition coefficient (Wildman–Crippen LogP) is 1.86. The molecule has 0 atom stereocenters. The predicted molar refractivity (Wildman–Crippen MR) is 89.2 cm³/mol. The van der Waals surface area contributed by atoms with Crippen LogP contribution in [0.5, 0.6) is 0 Å². The highest BCUT2D eigenvalue weighted by molar-refractivity contribution is 7.98. The molecule has 3 rings (SSSR count). The first-order valence-electron chi connectivity index (χ1n) is 7.27. The van der Waals surface area contributed by atoms with Gasteiger partial charge in [-0.05, 0) is 45.8 Å². The van der Waals surface area contributed by atoms with Crippen LogP contribution in [0, 0.1) is 5.82 Å². The minimum atomic E-state index is -1.27. The topological polar surface area (TPSA) is 83.7 Å². The molecule has 0 N–H and O–H groups in total. The van der Waals surface area contributed by atoms with Crippen LogP contribution in [-0.4, -0.2) is 26.2 Å². The summed E-state index contributed by atoms with van der Waals surface area (Å²) in [6, 6.07) is 13.6. The standard InChI is InChI=1S/C17H13FN4O2S/c18-15-7-2-1-5-13(15)11-25-17-19-20-21-22(17)14-6-3-4-12(10-14)8-9-16(23)24/h1-10H,11H2,(H,23,24)/p-1/b9-8-. The fraction of sp³-hybridized carbons (Fsp3) is 0.0588. The van der Waals surface area contributed by atoms with E-state index in [2.05, 4.69) is 15.5 Å². The summed E-state index contributed by atoms with van der Waals surface area (Å²) in [6.07, 6.45) is 2.38. The van der Waals surface area contributed by atoms with Gasteiger partial charge in [0.05, 0.1) is 11.7 Å². The van der Waals surface area contributed by atoms with Crippen LogP contribution in [0.4, 0.5) is 4.39 Å². The lowest BCUT2D eigenvalue weighted by Crippen LogP contribution is -2.18. The second-order valence-electron chi connectivity index (χ2n) is 5.00. The van der Waals surface area contributed by atoms with E-state index in [1.165, 1.54) is 28.6 Å². The molecule has 0 aliphatic rings. The molecule has 0 aliphatic carbocycles. The zero-order chi connectivity index (χ0) is 17.6. The number of hydrogen-bond acceptors (Lipinski definition) is 6. The summed E-state index contributed by atoms with van der Waals surface area (Å²) in [6.45, 7) is 0. The summed E-state index contributed by atoms with van der Waals surface area (Å²) in [7, 11) is 0. The maximum absolute atomic E-state index is 13.7. The Morgan fingerprint density at radius 3 is 2.88 bits per heavy atom. The summed E-state index contributed by atoms with van der Waals surface area (Å²) >= 11 is 1.30. The first-order chi connectivity index (χ1) is 12.1. The van der Waals surface area contributed by atoms with Gasteiger partial charge in [-0.25, -0.2) is 4.39 Å². The number of aliphatic carboxylic acids is 1. The van der Waals surface area contributed by atoms with Crippen molar-refractivity contribution < 1.29 is 14.3 Å². The van der Waals surface area contributed by atoms with Crippen molar-refractivity contribution in [1.29, 1.82) is 0 Å². The van der Waals surface area contributed by atoms with Crippen LogP contribution < -0.4 is 5.11 Å². The van der Waals surface area contributed by atoms with Crippen molar-refractivity contribution in [2.45, 2.75) is 10.9 Å². The van der Waals surface area contributed by atoms with Gasteiger partial charge < -0.3 is 9.90 Å². The van der Waals surface area contributed by atoms with E-state index in [1.807, 2.05) is 0 Å². The highest BCUT2D eigenvalue weighted by atomic mass is 32.2. The average molecular weight is 355 g/mol. The normalized spacial score (nSPS) is 11.1. The zero-order valence-electron chi connectivity index (χ0n) is 12.9. The largest absolute Gasteiger partial charge is 0.545 e. The molecule has 0 bridgehead atoms. The van der Waals surface area contributed by atoms with Crippen LogP contribution in [-0.2, 0) is 10.5 Å². The number of carboxylic acid groups (broad SMARTS) is 1. The number of thioether (sulfide) groups is 1. The molecule has 0 amide bonds. The number of aromatic nitrogens is 4. The molecule has 25 heavy (non-hydrogen) atoms. The average Bonchev–Trinajstić information content (AvgIpc) is 3.08. The van der Waals surface area contributed by atoms with Crippen molar-refractivity contribution in [2.75, 3.05) is 0 Å². The SMILES string of the molecule is O=C([O-])/C=C\c1cccc(-n2nnnc2SCc2ccccc2F)c1. The molecule has 0 spiro atoms. The fourth-order valence-electron chi connectivity index (χ4n) is 2.11. The maximum Gasteiger partial charge on any atom is 0.214 e. The number of tetrazole rings is 1. The Hall–Kier alpha value is -3.00. The molecular weight excluding hydrogens is 343 g/mol. The second-order valence-corrected chi connectivity index (χ2v) is 5.94. The van der Waals surface area contributed by atoms with Crippen molar-refractivity contribution in [1.82, 2.24) is 20.2 Å². The first-order valence-corrected chi connectivity index (χ1v) is 8.26. The Morgan fingerprint density at radius 2 is 2.08 bits per heavy atom. The summed E-state index contributed by atoms with van der Waals surface area (Å²) in [5.74, 6) is -1.16. The van der Waals surface area contributed by atoms with Gasteiger partial charge in [0, 0.05) is 5.75 Å². The quantitative estimate of drug-likeness (QED) is 0.496. The summed E-state index contributed by atoms with van der Waals surface area (Å²) in [4.78, 5) is 10.5. The van der Waals surface area contributed by atoms with E-state index >= 15 is 0 Å². The van der Waals surface area contributed by atoms with E-state index in [-0.39, 0.29) is 5.82 Å². The second kappa shape index (κ2) is 7.71. The van der Waals surface area contributed by atoms with Gasteiger partial charge in [-0.2, -0.15) is 4.68 Å². The lowest BCUT2D eigenvalue weighted by molar-refractivity contribution is -0.297. The number of nitrogens with zero attached hydrogens (tertiary/aromatic N) is 4. The minimum absolute atomic E-state index is 0.275. The molecular formula is C17H12FN4O2S-. The number of benzene rings is 2. The minimum Gasteiger partial charge on any atom is -0.545 e. The van der Waals surface area contributed by atoms with Crippen molar-refractivity contribution in [3.8, 4) is 5.69 Å². The Morgan fingerprint density at radius 1 is 1.24 bits per heavy atom. The Bertz CT molecular complexity index is 926. The van der Waals surface area contributed by atoms with Gasteiger partial charge in [-0.15, -0.1) is 5.10 Å². The smallest absolute Gasteiger partial charge is 0.214 e. The van der Waals surface area contributed by atoms with Gasteiger partial charge in [0.15, 0.2) is 0 Å². The molecule has 126 valence electrons. The summed E-state index contributed by atoms with van der Waals surface area (Å²) < 4.78 is 15.2. The molecule has 1 aromatic heterocycles. The molecule has 8 heteroatoms. The molecule has 0 unspecified atom stereocenters. The molecule has 0 saturated heterocycles. The molecule has 0 aliphatic heterocycles. The van der Waals surface area contributed by atoms with Crippen LogP contribution in [0.1, 0.15) is 11.1 Å². The number of hydrogen-bond donors (Lipinski definition) is 0. The third kappa shape index (κ3) is 4.30. The summed E-state index contributed by atoms with van der Waals surface area (Å²) in [5, 5.41) is 22.6. The first kappa shape index (κ1) is 16.8.